The van der Waals surface area contributed by atoms with Gasteiger partial charge in [-0.2, -0.15) is 0 Å². The summed E-state index contributed by atoms with van der Waals surface area (Å²) in [5.74, 6) is -0.387. The molecule has 0 spiro atoms. The van der Waals surface area contributed by atoms with Gasteiger partial charge in [-0.05, 0) is 30.7 Å². The number of aryl methyl sites for hydroxylation is 1. The van der Waals surface area contributed by atoms with Crippen molar-refractivity contribution in [3.05, 3.63) is 29.3 Å². The van der Waals surface area contributed by atoms with Gasteiger partial charge in [-0.15, -0.1) is 0 Å². The van der Waals surface area contributed by atoms with Crippen LogP contribution < -0.4 is 4.74 Å². The lowest BCUT2D eigenvalue weighted by molar-refractivity contribution is -0.137. The highest BCUT2D eigenvalue weighted by Crippen LogP contribution is 2.19. The average Bonchev–Trinajstić information content (AvgIpc) is 2.34. The summed E-state index contributed by atoms with van der Waals surface area (Å²) in [4.78, 5) is 23.8. The van der Waals surface area contributed by atoms with Crippen molar-refractivity contribution in [2.24, 2.45) is 0 Å². The van der Waals surface area contributed by atoms with Gasteiger partial charge in [0.1, 0.15) is 5.75 Å². The number of nitrogens with zero attached hydrogens (tertiary/aromatic N) is 1. The number of carbonyl (C=O) groups is 2. The Hall–Kier alpha value is -2.04. The number of hydrogen-bond acceptors (Lipinski definition) is 3. The van der Waals surface area contributed by atoms with Crippen molar-refractivity contribution in [3.63, 3.8) is 0 Å². The molecule has 0 saturated heterocycles. The number of hydrogen-bond donors (Lipinski definition) is 1. The maximum Gasteiger partial charge on any atom is 0.305 e. The second-order valence-corrected chi connectivity index (χ2v) is 4.05. The van der Waals surface area contributed by atoms with Gasteiger partial charge in [-0.25, -0.2) is 0 Å². The van der Waals surface area contributed by atoms with Crippen molar-refractivity contribution in [2.45, 2.75) is 13.3 Å². The Kier molecular flexibility index (Phi) is 4.71. The topological polar surface area (TPSA) is 66.8 Å². The first-order chi connectivity index (χ1) is 8.45. The number of rotatable bonds is 5. The Morgan fingerprint density at radius 2 is 2.06 bits per heavy atom. The fourth-order valence-corrected chi connectivity index (χ4v) is 1.60. The van der Waals surface area contributed by atoms with Crippen molar-refractivity contribution < 1.29 is 19.4 Å². The van der Waals surface area contributed by atoms with Crippen LogP contribution >= 0.6 is 0 Å². The number of methoxy groups -OCH3 is 1. The first-order valence-electron chi connectivity index (χ1n) is 5.57. The summed E-state index contributed by atoms with van der Waals surface area (Å²) in [5, 5.41) is 8.57. The number of carboxylic acids is 1. The smallest absolute Gasteiger partial charge is 0.305 e. The molecule has 1 rings (SSSR count). The van der Waals surface area contributed by atoms with Crippen molar-refractivity contribution in [1.29, 1.82) is 0 Å². The van der Waals surface area contributed by atoms with Crippen LogP contribution in [0.5, 0.6) is 5.75 Å². The van der Waals surface area contributed by atoms with E-state index in [1.165, 1.54) is 4.90 Å². The molecule has 1 aromatic rings. The minimum Gasteiger partial charge on any atom is -0.496 e. The van der Waals surface area contributed by atoms with Gasteiger partial charge < -0.3 is 14.7 Å². The predicted molar refractivity (Wildman–Crippen MR) is 66.9 cm³/mol. The first kappa shape index (κ1) is 14.0. The molecule has 1 amide bonds. The zero-order chi connectivity index (χ0) is 13.7. The van der Waals surface area contributed by atoms with E-state index in [0.717, 1.165) is 11.3 Å². The molecule has 1 N–H and O–H groups in total. The second kappa shape index (κ2) is 6.05. The molecule has 0 unspecified atom stereocenters. The fourth-order valence-electron chi connectivity index (χ4n) is 1.60. The molecule has 0 saturated carbocycles. The minimum atomic E-state index is -0.916. The summed E-state index contributed by atoms with van der Waals surface area (Å²) in [6.07, 6.45) is -0.0582. The van der Waals surface area contributed by atoms with Crippen LogP contribution in [0.2, 0.25) is 0 Å². The lowest BCUT2D eigenvalue weighted by Crippen LogP contribution is -2.29. The van der Waals surface area contributed by atoms with Gasteiger partial charge in [0.25, 0.3) is 5.91 Å². The van der Waals surface area contributed by atoms with Gasteiger partial charge >= 0.3 is 5.97 Å². The Bertz CT molecular complexity index is 456. The van der Waals surface area contributed by atoms with E-state index >= 15 is 0 Å². The normalized spacial score (nSPS) is 9.94. The molecule has 1 aromatic carbocycles. The predicted octanol–water partition coefficient (Wildman–Crippen LogP) is 1.55. The SMILES string of the molecule is COc1ccc(C(=O)N(C)CCC(=O)O)cc1C. The van der Waals surface area contributed by atoms with E-state index in [0.29, 0.717) is 5.56 Å². The molecular weight excluding hydrogens is 234 g/mol. The van der Waals surface area contributed by atoms with Gasteiger partial charge in [0, 0.05) is 19.2 Å². The molecular formula is C13H17NO4. The molecule has 0 heterocycles. The van der Waals surface area contributed by atoms with E-state index < -0.39 is 5.97 Å². The summed E-state index contributed by atoms with van der Waals surface area (Å²) >= 11 is 0. The third-order valence-corrected chi connectivity index (χ3v) is 2.65. The van der Waals surface area contributed by atoms with E-state index in [1.54, 1.807) is 32.4 Å². The monoisotopic (exact) mass is 251 g/mol. The molecule has 0 aliphatic rings. The second-order valence-electron chi connectivity index (χ2n) is 4.05. The van der Waals surface area contributed by atoms with Gasteiger partial charge in [0.05, 0.1) is 13.5 Å². The first-order valence-corrected chi connectivity index (χ1v) is 5.57. The largest absolute Gasteiger partial charge is 0.496 e. The molecule has 0 bridgehead atoms. The van der Waals surface area contributed by atoms with Crippen LogP contribution in [0.1, 0.15) is 22.3 Å². The highest BCUT2D eigenvalue weighted by molar-refractivity contribution is 5.94. The molecule has 0 fully saturated rings. The summed E-state index contributed by atoms with van der Waals surface area (Å²) in [6.45, 7) is 2.05. The van der Waals surface area contributed by atoms with Crippen molar-refractivity contribution >= 4 is 11.9 Å². The van der Waals surface area contributed by atoms with Crippen LogP contribution in [-0.2, 0) is 4.79 Å². The lowest BCUT2D eigenvalue weighted by atomic mass is 10.1. The lowest BCUT2D eigenvalue weighted by Gasteiger charge is -2.16. The number of benzene rings is 1. The maximum absolute atomic E-state index is 12.0. The Balaban J connectivity index is 2.77. The Morgan fingerprint density at radius 3 is 2.56 bits per heavy atom. The number of carbonyl (C=O) groups excluding carboxylic acids is 1. The van der Waals surface area contributed by atoms with Gasteiger partial charge in [0.2, 0.25) is 0 Å². The fraction of sp³-hybridized carbons (Fsp3) is 0.385. The number of amides is 1. The van der Waals surface area contributed by atoms with Gasteiger partial charge in [-0.1, -0.05) is 0 Å². The van der Waals surface area contributed by atoms with E-state index in [4.69, 9.17) is 9.84 Å². The molecule has 0 aromatic heterocycles. The summed E-state index contributed by atoms with van der Waals surface area (Å²) in [5.41, 5.74) is 1.40. The molecule has 5 nitrogen and oxygen atoms in total. The van der Waals surface area contributed by atoms with Gasteiger partial charge in [0.15, 0.2) is 0 Å². The highest BCUT2D eigenvalue weighted by Gasteiger charge is 2.13. The Labute approximate surface area is 106 Å². The minimum absolute atomic E-state index is 0.0582. The molecule has 18 heavy (non-hydrogen) atoms. The number of carboxylic acid groups (broad SMARTS) is 1. The van der Waals surface area contributed by atoms with Gasteiger partial charge in [-0.3, -0.25) is 9.59 Å². The van der Waals surface area contributed by atoms with Crippen molar-refractivity contribution in [1.82, 2.24) is 4.90 Å². The molecule has 0 radical (unpaired) electrons. The highest BCUT2D eigenvalue weighted by atomic mass is 16.5. The van der Waals surface area contributed by atoms with Crippen LogP contribution in [-0.4, -0.2) is 42.6 Å². The molecule has 5 heteroatoms. The van der Waals surface area contributed by atoms with Crippen molar-refractivity contribution in [2.75, 3.05) is 20.7 Å². The zero-order valence-corrected chi connectivity index (χ0v) is 10.8. The van der Waals surface area contributed by atoms with E-state index in [2.05, 4.69) is 0 Å². The quantitative estimate of drug-likeness (QED) is 0.862. The van der Waals surface area contributed by atoms with Crippen molar-refractivity contribution in [3.8, 4) is 5.75 Å². The third-order valence-electron chi connectivity index (χ3n) is 2.65. The molecule has 98 valence electrons. The van der Waals surface area contributed by atoms with Crippen LogP contribution in [0.15, 0.2) is 18.2 Å². The summed E-state index contributed by atoms with van der Waals surface area (Å²) in [6, 6.07) is 5.14. The number of aliphatic carboxylic acids is 1. The van der Waals surface area contributed by atoms with Crippen LogP contribution in [0.4, 0.5) is 0 Å². The summed E-state index contributed by atoms with van der Waals surface area (Å²) < 4.78 is 5.12. The van der Waals surface area contributed by atoms with Crippen LogP contribution in [0.25, 0.3) is 0 Å². The number of ether oxygens (including phenoxy) is 1. The van der Waals surface area contributed by atoms with Crippen LogP contribution in [0, 0.1) is 6.92 Å². The maximum atomic E-state index is 12.0. The molecule has 0 atom stereocenters. The van der Waals surface area contributed by atoms with Crippen LogP contribution in [0.3, 0.4) is 0 Å². The average molecular weight is 251 g/mol. The third kappa shape index (κ3) is 3.48. The van der Waals surface area contributed by atoms with E-state index in [-0.39, 0.29) is 18.9 Å². The van der Waals surface area contributed by atoms with E-state index in [9.17, 15) is 9.59 Å². The standard InChI is InChI=1S/C13H17NO4/c1-9-8-10(4-5-11(9)18-3)13(17)14(2)7-6-12(15)16/h4-5,8H,6-7H2,1-3H3,(H,15,16). The zero-order valence-electron chi connectivity index (χ0n) is 10.8. The van der Waals surface area contributed by atoms with E-state index in [1.807, 2.05) is 6.92 Å². The Morgan fingerprint density at radius 1 is 1.39 bits per heavy atom. The summed E-state index contributed by atoms with van der Waals surface area (Å²) in [7, 11) is 3.16. The molecule has 0 aliphatic carbocycles. The molecule has 0 aliphatic heterocycles.